The van der Waals surface area contributed by atoms with Crippen LogP contribution in [0.1, 0.15) is 20.7 Å². The molecule has 0 aliphatic heterocycles. The smallest absolute Gasteiger partial charge is 0.335 e. The second kappa shape index (κ2) is 7.61. The fourth-order valence-electron chi connectivity index (χ4n) is 2.44. The number of carbonyl (C=O) groups is 2. The Morgan fingerprint density at radius 3 is 2.46 bits per heavy atom. The van der Waals surface area contributed by atoms with E-state index in [0.29, 0.717) is 0 Å². The number of rotatable bonds is 4. The van der Waals surface area contributed by atoms with Gasteiger partial charge in [-0.1, -0.05) is 17.7 Å². The van der Waals surface area contributed by atoms with Gasteiger partial charge in [-0.3, -0.25) is 14.2 Å². The topological polar surface area (TPSA) is 88.4 Å². The Balaban J connectivity index is 1.98. The number of amides is 1. The lowest BCUT2D eigenvalue weighted by molar-refractivity contribution is 0.0696. The van der Waals surface area contributed by atoms with Crippen LogP contribution in [0.4, 0.5) is 14.5 Å². The number of hydrogen-bond acceptors (Lipinski definition) is 3. The molecule has 0 atom stereocenters. The lowest BCUT2D eigenvalue weighted by Gasteiger charge is -2.11. The maximum absolute atomic E-state index is 14.0. The quantitative estimate of drug-likeness (QED) is 0.693. The van der Waals surface area contributed by atoms with Crippen LogP contribution in [0.25, 0.3) is 5.69 Å². The van der Waals surface area contributed by atoms with Gasteiger partial charge in [-0.15, -0.1) is 0 Å². The van der Waals surface area contributed by atoms with Crippen molar-refractivity contribution in [2.24, 2.45) is 0 Å². The van der Waals surface area contributed by atoms with Crippen molar-refractivity contribution in [2.75, 3.05) is 5.32 Å². The monoisotopic (exact) mass is 404 g/mol. The molecule has 1 amide bonds. The van der Waals surface area contributed by atoms with Crippen molar-refractivity contribution in [1.29, 1.82) is 0 Å². The highest BCUT2D eigenvalue weighted by molar-refractivity contribution is 6.34. The van der Waals surface area contributed by atoms with E-state index in [4.69, 9.17) is 16.7 Å². The van der Waals surface area contributed by atoms with Crippen LogP contribution in [0, 0.1) is 11.6 Å². The number of carboxylic acid groups (broad SMARTS) is 1. The summed E-state index contributed by atoms with van der Waals surface area (Å²) in [5.74, 6) is -4.31. The molecule has 0 aliphatic carbocycles. The molecule has 0 unspecified atom stereocenters. The van der Waals surface area contributed by atoms with Crippen LogP contribution in [-0.4, -0.2) is 21.6 Å². The first-order valence-electron chi connectivity index (χ1n) is 7.79. The largest absolute Gasteiger partial charge is 0.478 e. The summed E-state index contributed by atoms with van der Waals surface area (Å²) in [6, 6.07) is 9.28. The number of anilines is 1. The van der Waals surface area contributed by atoms with E-state index in [-0.39, 0.29) is 27.5 Å². The van der Waals surface area contributed by atoms with Crippen LogP contribution in [0.15, 0.2) is 59.5 Å². The summed E-state index contributed by atoms with van der Waals surface area (Å²) in [6.45, 7) is 0. The number of carboxylic acids is 1. The molecule has 1 aromatic heterocycles. The number of benzene rings is 2. The Morgan fingerprint density at radius 1 is 1.04 bits per heavy atom. The van der Waals surface area contributed by atoms with Gasteiger partial charge < -0.3 is 10.4 Å². The summed E-state index contributed by atoms with van der Waals surface area (Å²) in [4.78, 5) is 35.6. The minimum Gasteiger partial charge on any atom is -0.478 e. The molecular weight excluding hydrogens is 394 g/mol. The molecule has 0 saturated heterocycles. The highest BCUT2D eigenvalue weighted by Gasteiger charge is 2.15. The number of nitrogens with one attached hydrogen (secondary N) is 1. The van der Waals surface area contributed by atoms with Crippen molar-refractivity contribution in [3.05, 3.63) is 92.9 Å². The van der Waals surface area contributed by atoms with Crippen molar-refractivity contribution in [2.45, 2.75) is 0 Å². The van der Waals surface area contributed by atoms with Gasteiger partial charge in [-0.05, 0) is 36.4 Å². The van der Waals surface area contributed by atoms with Crippen LogP contribution in [-0.2, 0) is 0 Å². The van der Waals surface area contributed by atoms with E-state index in [1.54, 1.807) is 0 Å². The second-order valence-electron chi connectivity index (χ2n) is 5.65. The van der Waals surface area contributed by atoms with Crippen molar-refractivity contribution in [1.82, 2.24) is 4.57 Å². The first kappa shape index (κ1) is 19.2. The summed E-state index contributed by atoms with van der Waals surface area (Å²) in [5.41, 5.74) is -1.13. The van der Waals surface area contributed by atoms with E-state index >= 15 is 0 Å². The molecule has 3 rings (SSSR count). The maximum Gasteiger partial charge on any atom is 0.335 e. The van der Waals surface area contributed by atoms with Crippen molar-refractivity contribution in [3.63, 3.8) is 0 Å². The van der Waals surface area contributed by atoms with E-state index in [2.05, 4.69) is 5.32 Å². The first-order chi connectivity index (χ1) is 13.3. The highest BCUT2D eigenvalue weighted by Crippen LogP contribution is 2.24. The van der Waals surface area contributed by atoms with Crippen LogP contribution < -0.4 is 10.9 Å². The molecule has 0 radical (unpaired) electrons. The molecule has 1 heterocycles. The van der Waals surface area contributed by atoms with E-state index in [9.17, 15) is 23.2 Å². The van der Waals surface area contributed by atoms with Gasteiger partial charge in [0.2, 0.25) is 0 Å². The Kier molecular flexibility index (Phi) is 5.23. The molecule has 2 aromatic carbocycles. The number of aromatic nitrogens is 1. The van der Waals surface area contributed by atoms with Crippen LogP contribution in [0.3, 0.4) is 0 Å². The van der Waals surface area contributed by atoms with E-state index in [0.717, 1.165) is 22.9 Å². The number of pyridine rings is 1. The van der Waals surface area contributed by atoms with Gasteiger partial charge in [-0.25, -0.2) is 13.6 Å². The number of nitrogens with zero attached hydrogens (tertiary/aromatic N) is 1. The third-order valence-electron chi connectivity index (χ3n) is 3.83. The van der Waals surface area contributed by atoms with Gasteiger partial charge in [0.25, 0.3) is 11.5 Å². The van der Waals surface area contributed by atoms with E-state index in [1.165, 1.54) is 36.4 Å². The third kappa shape index (κ3) is 3.77. The van der Waals surface area contributed by atoms with Crippen molar-refractivity contribution < 1.29 is 23.5 Å². The van der Waals surface area contributed by atoms with Gasteiger partial charge in [0.1, 0.15) is 0 Å². The lowest BCUT2D eigenvalue weighted by atomic mass is 10.2. The van der Waals surface area contributed by atoms with Crippen molar-refractivity contribution in [3.8, 4) is 5.69 Å². The lowest BCUT2D eigenvalue weighted by Crippen LogP contribution is -2.22. The van der Waals surface area contributed by atoms with Gasteiger partial charge in [-0.2, -0.15) is 0 Å². The van der Waals surface area contributed by atoms with Gasteiger partial charge >= 0.3 is 5.97 Å². The maximum atomic E-state index is 14.0. The summed E-state index contributed by atoms with van der Waals surface area (Å²) >= 11 is 5.97. The Bertz CT molecular complexity index is 1160. The average Bonchev–Trinajstić information content (AvgIpc) is 2.66. The summed E-state index contributed by atoms with van der Waals surface area (Å²) in [5, 5.41) is 11.6. The van der Waals surface area contributed by atoms with Gasteiger partial charge in [0.05, 0.1) is 27.5 Å². The van der Waals surface area contributed by atoms with Gasteiger partial charge in [0.15, 0.2) is 11.6 Å². The molecule has 3 aromatic rings. The standard InChI is InChI=1S/C19H11ClF2N2O4/c20-12-6-4-10(19(27)28)8-14(12)23-18(26)11-5-7-16(25)24(9-11)15-3-1-2-13(21)17(15)22/h1-9H,(H,23,26)(H,27,28). The molecule has 0 bridgehead atoms. The van der Waals surface area contributed by atoms with E-state index < -0.39 is 29.1 Å². The Hall–Kier alpha value is -3.52. The van der Waals surface area contributed by atoms with Crippen LogP contribution >= 0.6 is 11.6 Å². The molecule has 0 saturated carbocycles. The number of aromatic carboxylic acids is 1. The fraction of sp³-hybridized carbons (Fsp3) is 0. The number of carbonyl (C=O) groups excluding carboxylic acids is 1. The minimum absolute atomic E-state index is 0.0428. The Morgan fingerprint density at radius 2 is 1.75 bits per heavy atom. The molecule has 142 valence electrons. The summed E-state index contributed by atoms with van der Waals surface area (Å²) in [6.07, 6.45) is 1.05. The summed E-state index contributed by atoms with van der Waals surface area (Å²) < 4.78 is 28.3. The second-order valence-corrected chi connectivity index (χ2v) is 6.06. The number of hydrogen-bond donors (Lipinski definition) is 2. The zero-order valence-corrected chi connectivity index (χ0v) is 14.7. The molecule has 0 aliphatic rings. The minimum atomic E-state index is -1.24. The van der Waals surface area contributed by atoms with Crippen LogP contribution in [0.2, 0.25) is 5.02 Å². The normalized spacial score (nSPS) is 10.5. The summed E-state index contributed by atoms with van der Waals surface area (Å²) in [7, 11) is 0. The van der Waals surface area contributed by atoms with E-state index in [1.807, 2.05) is 0 Å². The average molecular weight is 405 g/mol. The zero-order chi connectivity index (χ0) is 20.4. The molecular formula is C19H11ClF2N2O4. The molecule has 0 fully saturated rings. The predicted octanol–water partition coefficient (Wildman–Crippen LogP) is 3.72. The molecule has 9 heteroatoms. The molecule has 6 nitrogen and oxygen atoms in total. The zero-order valence-electron chi connectivity index (χ0n) is 13.9. The molecule has 0 spiro atoms. The number of halogens is 3. The predicted molar refractivity (Wildman–Crippen MR) is 98.3 cm³/mol. The first-order valence-corrected chi connectivity index (χ1v) is 8.17. The molecule has 2 N–H and O–H groups in total. The van der Waals surface area contributed by atoms with Gasteiger partial charge in [0, 0.05) is 12.3 Å². The third-order valence-corrected chi connectivity index (χ3v) is 4.16. The van der Waals surface area contributed by atoms with Crippen molar-refractivity contribution >= 4 is 29.2 Å². The SMILES string of the molecule is O=C(O)c1ccc(Cl)c(NC(=O)c2ccc(=O)n(-c3cccc(F)c3F)c2)c1. The van der Waals surface area contributed by atoms with Crippen LogP contribution in [0.5, 0.6) is 0 Å². The fourth-order valence-corrected chi connectivity index (χ4v) is 2.60. The Labute approximate surface area is 161 Å². The highest BCUT2D eigenvalue weighted by atomic mass is 35.5. The molecule has 28 heavy (non-hydrogen) atoms.